The van der Waals surface area contributed by atoms with E-state index in [1.807, 2.05) is 61.5 Å². The molecule has 1 unspecified atom stereocenters. The number of nitrogens with zero attached hydrogens (tertiary/aromatic N) is 2. The minimum atomic E-state index is -1.54. The van der Waals surface area contributed by atoms with Crippen LogP contribution in [0.2, 0.25) is 0 Å². The maximum Gasteiger partial charge on any atom is 0.291 e. The summed E-state index contributed by atoms with van der Waals surface area (Å²) in [4.78, 5) is 45.5. The van der Waals surface area contributed by atoms with Crippen molar-refractivity contribution in [2.45, 2.75) is 31.8 Å². The monoisotopic (exact) mass is 464 g/mol. The molecule has 174 valence electrons. The molecule has 1 spiro atoms. The lowest BCUT2D eigenvalue weighted by Crippen LogP contribution is -2.53. The van der Waals surface area contributed by atoms with Gasteiger partial charge in [-0.2, -0.15) is 0 Å². The molecule has 0 saturated heterocycles. The van der Waals surface area contributed by atoms with Crippen molar-refractivity contribution in [2.75, 3.05) is 11.4 Å². The SMILES string of the molecule is CCCCN1C(=O)c2oc3ccccc3c(=O)c2C12C(=O)N(Cc1ccccc1)c1ccccc12. The summed E-state index contributed by atoms with van der Waals surface area (Å²) in [5, 5.41) is 0.363. The zero-order valence-corrected chi connectivity index (χ0v) is 19.4. The number of hydrogen-bond donors (Lipinski definition) is 0. The average Bonchev–Trinajstić information content (AvgIpc) is 3.28. The highest BCUT2D eigenvalue weighted by Crippen LogP contribution is 2.52. The van der Waals surface area contributed by atoms with Gasteiger partial charge in [0.05, 0.1) is 23.2 Å². The summed E-state index contributed by atoms with van der Waals surface area (Å²) in [7, 11) is 0. The molecule has 0 fully saturated rings. The van der Waals surface area contributed by atoms with E-state index in [0.717, 1.165) is 12.0 Å². The van der Waals surface area contributed by atoms with E-state index in [9.17, 15) is 14.4 Å². The van der Waals surface area contributed by atoms with E-state index >= 15 is 0 Å². The van der Waals surface area contributed by atoms with Crippen molar-refractivity contribution >= 4 is 28.5 Å². The number of rotatable bonds is 5. The number of carbonyl (C=O) groups excluding carboxylic acids is 2. The second kappa shape index (κ2) is 7.94. The molecule has 2 aliphatic heterocycles. The molecule has 3 aromatic carbocycles. The number of para-hydroxylation sites is 2. The highest BCUT2D eigenvalue weighted by molar-refractivity contribution is 6.17. The fourth-order valence-corrected chi connectivity index (χ4v) is 5.48. The number of hydrogen-bond acceptors (Lipinski definition) is 4. The molecule has 0 bridgehead atoms. The van der Waals surface area contributed by atoms with Crippen LogP contribution >= 0.6 is 0 Å². The minimum Gasteiger partial charge on any atom is -0.450 e. The Balaban J connectivity index is 1.65. The molecule has 1 atom stereocenters. The van der Waals surface area contributed by atoms with Crippen LogP contribution in [0.25, 0.3) is 11.0 Å². The largest absolute Gasteiger partial charge is 0.450 e. The average molecular weight is 465 g/mol. The predicted molar refractivity (Wildman–Crippen MR) is 133 cm³/mol. The molecule has 0 N–H and O–H groups in total. The summed E-state index contributed by atoms with van der Waals surface area (Å²) in [6.45, 7) is 2.71. The maximum absolute atomic E-state index is 14.5. The van der Waals surface area contributed by atoms with E-state index < -0.39 is 11.4 Å². The van der Waals surface area contributed by atoms with Gasteiger partial charge in [0.2, 0.25) is 5.76 Å². The van der Waals surface area contributed by atoms with Crippen molar-refractivity contribution in [2.24, 2.45) is 0 Å². The van der Waals surface area contributed by atoms with Crippen LogP contribution in [-0.4, -0.2) is 23.3 Å². The Morgan fingerprint density at radius 3 is 2.37 bits per heavy atom. The number of carbonyl (C=O) groups is 2. The highest BCUT2D eigenvalue weighted by atomic mass is 16.3. The van der Waals surface area contributed by atoms with Gasteiger partial charge in [-0.1, -0.05) is 74.0 Å². The van der Waals surface area contributed by atoms with Crippen molar-refractivity contribution in [3.8, 4) is 0 Å². The molecule has 3 heterocycles. The lowest BCUT2D eigenvalue weighted by Gasteiger charge is -2.34. The zero-order valence-electron chi connectivity index (χ0n) is 19.4. The molecule has 35 heavy (non-hydrogen) atoms. The van der Waals surface area contributed by atoms with E-state index in [0.29, 0.717) is 41.7 Å². The smallest absolute Gasteiger partial charge is 0.291 e. The van der Waals surface area contributed by atoms with Gasteiger partial charge < -0.3 is 14.2 Å². The Labute approximate surface area is 202 Å². The number of fused-ring (bicyclic) bond motifs is 5. The summed E-state index contributed by atoms with van der Waals surface area (Å²) in [5.41, 5.74) is 0.907. The van der Waals surface area contributed by atoms with Gasteiger partial charge in [0, 0.05) is 12.1 Å². The fraction of sp³-hybridized carbons (Fsp3) is 0.207. The second-order valence-corrected chi connectivity index (χ2v) is 9.05. The van der Waals surface area contributed by atoms with Crippen LogP contribution in [-0.2, 0) is 16.9 Å². The van der Waals surface area contributed by atoms with Gasteiger partial charge in [0.15, 0.2) is 11.0 Å². The number of amides is 2. The lowest BCUT2D eigenvalue weighted by molar-refractivity contribution is -0.126. The maximum atomic E-state index is 14.5. The molecule has 6 nitrogen and oxygen atoms in total. The number of unbranched alkanes of at least 4 members (excludes halogenated alkanes) is 1. The van der Waals surface area contributed by atoms with Crippen molar-refractivity contribution in [3.05, 3.63) is 112 Å². The second-order valence-electron chi connectivity index (χ2n) is 9.05. The Hall–Kier alpha value is -4.19. The first kappa shape index (κ1) is 21.4. The fourth-order valence-electron chi connectivity index (χ4n) is 5.48. The summed E-state index contributed by atoms with van der Waals surface area (Å²) in [6.07, 6.45) is 1.53. The van der Waals surface area contributed by atoms with Gasteiger partial charge in [0.1, 0.15) is 5.58 Å². The number of anilines is 1. The van der Waals surface area contributed by atoms with Gasteiger partial charge in [-0.3, -0.25) is 14.4 Å². The van der Waals surface area contributed by atoms with Crippen LogP contribution in [0, 0.1) is 0 Å². The van der Waals surface area contributed by atoms with Crippen LogP contribution in [0.15, 0.2) is 88.1 Å². The van der Waals surface area contributed by atoms with E-state index in [2.05, 4.69) is 0 Å². The Bertz CT molecular complexity index is 1540. The molecule has 2 amide bonds. The molecule has 2 aliphatic rings. The molecular formula is C29H24N2O4. The standard InChI is InChI=1S/C29H24N2O4/c1-2-3-17-31-27(33)26-24(25(32)20-13-7-10-16-23(20)35-26)29(31)21-14-8-9-15-22(21)30(28(29)34)18-19-11-5-4-6-12-19/h4-16H,2-3,17-18H2,1H3. The zero-order chi connectivity index (χ0) is 24.2. The topological polar surface area (TPSA) is 70.8 Å². The minimum absolute atomic E-state index is 0.0329. The van der Waals surface area contributed by atoms with Gasteiger partial charge in [-0.05, 0) is 30.2 Å². The summed E-state index contributed by atoms with van der Waals surface area (Å²) in [6, 6.07) is 24.1. The molecular weight excluding hydrogens is 440 g/mol. The first-order chi connectivity index (χ1) is 17.1. The summed E-state index contributed by atoms with van der Waals surface area (Å²) < 4.78 is 6.05. The van der Waals surface area contributed by atoms with Crippen LogP contribution in [0.3, 0.4) is 0 Å². The summed E-state index contributed by atoms with van der Waals surface area (Å²) in [5.74, 6) is -0.746. The van der Waals surface area contributed by atoms with Gasteiger partial charge in [-0.25, -0.2) is 0 Å². The molecule has 6 rings (SSSR count). The van der Waals surface area contributed by atoms with Crippen LogP contribution in [0.1, 0.15) is 47.0 Å². The normalized spacial score (nSPS) is 18.5. The van der Waals surface area contributed by atoms with Crippen molar-refractivity contribution in [1.29, 1.82) is 0 Å². The van der Waals surface area contributed by atoms with E-state index in [4.69, 9.17) is 4.42 Å². The third kappa shape index (κ3) is 2.86. The quantitative estimate of drug-likeness (QED) is 0.424. The molecule has 0 saturated carbocycles. The molecule has 4 aromatic rings. The molecule has 6 heteroatoms. The van der Waals surface area contributed by atoms with Crippen LogP contribution in [0.5, 0.6) is 0 Å². The first-order valence-corrected chi connectivity index (χ1v) is 11.9. The van der Waals surface area contributed by atoms with Gasteiger partial charge in [0.25, 0.3) is 11.8 Å². The van der Waals surface area contributed by atoms with Crippen LogP contribution in [0.4, 0.5) is 5.69 Å². The molecule has 0 radical (unpaired) electrons. The van der Waals surface area contributed by atoms with Crippen molar-refractivity contribution < 1.29 is 14.0 Å². The van der Waals surface area contributed by atoms with Crippen molar-refractivity contribution in [3.63, 3.8) is 0 Å². The summed E-state index contributed by atoms with van der Waals surface area (Å²) >= 11 is 0. The third-order valence-electron chi connectivity index (χ3n) is 7.06. The molecule has 1 aromatic heterocycles. The van der Waals surface area contributed by atoms with Crippen LogP contribution < -0.4 is 10.3 Å². The number of benzene rings is 3. The Morgan fingerprint density at radius 2 is 1.57 bits per heavy atom. The first-order valence-electron chi connectivity index (χ1n) is 11.9. The Morgan fingerprint density at radius 1 is 0.857 bits per heavy atom. The van der Waals surface area contributed by atoms with E-state index in [1.54, 1.807) is 34.1 Å². The Kier molecular flexibility index (Phi) is 4.85. The third-order valence-corrected chi connectivity index (χ3v) is 7.06. The van der Waals surface area contributed by atoms with Gasteiger partial charge in [-0.15, -0.1) is 0 Å². The van der Waals surface area contributed by atoms with Crippen molar-refractivity contribution in [1.82, 2.24) is 4.90 Å². The predicted octanol–water partition coefficient (Wildman–Crippen LogP) is 4.84. The lowest BCUT2D eigenvalue weighted by atomic mass is 9.84. The van der Waals surface area contributed by atoms with Gasteiger partial charge >= 0.3 is 0 Å². The molecule has 0 aliphatic carbocycles. The highest BCUT2D eigenvalue weighted by Gasteiger charge is 2.64. The van der Waals surface area contributed by atoms with E-state index in [-0.39, 0.29) is 22.7 Å². The van der Waals surface area contributed by atoms with E-state index in [1.165, 1.54) is 0 Å².